The van der Waals surface area contributed by atoms with Crippen LogP contribution in [0.5, 0.6) is 0 Å². The Morgan fingerprint density at radius 1 is 1.28 bits per heavy atom. The third-order valence-electron chi connectivity index (χ3n) is 4.96. The van der Waals surface area contributed by atoms with Crippen LogP contribution in [0.3, 0.4) is 0 Å². The number of rotatable bonds is 5. The van der Waals surface area contributed by atoms with Crippen molar-refractivity contribution in [1.29, 1.82) is 0 Å². The smallest absolute Gasteiger partial charge is 0.243 e. The third kappa shape index (κ3) is 4.42. The van der Waals surface area contributed by atoms with E-state index >= 15 is 0 Å². The molecular formula is C19H30N2O3S. The van der Waals surface area contributed by atoms with Gasteiger partial charge >= 0.3 is 0 Å². The molecule has 1 aromatic carbocycles. The highest BCUT2D eigenvalue weighted by molar-refractivity contribution is 7.89. The van der Waals surface area contributed by atoms with Crippen molar-refractivity contribution in [2.45, 2.75) is 64.8 Å². The van der Waals surface area contributed by atoms with E-state index in [0.29, 0.717) is 17.9 Å². The molecule has 1 N–H and O–H groups in total. The number of sulfonamides is 1. The summed E-state index contributed by atoms with van der Waals surface area (Å²) in [6, 6.07) is 3.91. The molecule has 0 aromatic heterocycles. The highest BCUT2D eigenvalue weighted by atomic mass is 32.2. The Balaban J connectivity index is 2.24. The van der Waals surface area contributed by atoms with E-state index in [1.165, 1.54) is 4.31 Å². The van der Waals surface area contributed by atoms with Crippen molar-refractivity contribution in [2.24, 2.45) is 5.92 Å². The van der Waals surface area contributed by atoms with Crippen LogP contribution >= 0.6 is 0 Å². The standard InChI is InChI=1S/C19H30N2O3S/c1-6-16(5)20-19(22)17-8-7-9-21(12-17)25(23,24)18-14(3)10-13(2)11-15(18)4/h10-11,16-17H,6-9,12H2,1-5H3,(H,20,22)/t16-,17-/m1/s1. The molecule has 2 atom stereocenters. The Morgan fingerprint density at radius 2 is 1.88 bits per heavy atom. The average molecular weight is 367 g/mol. The zero-order valence-corrected chi connectivity index (χ0v) is 16.7. The largest absolute Gasteiger partial charge is 0.353 e. The summed E-state index contributed by atoms with van der Waals surface area (Å²) in [6.45, 7) is 10.4. The second-order valence-electron chi connectivity index (χ2n) is 7.25. The van der Waals surface area contributed by atoms with Gasteiger partial charge in [0.05, 0.1) is 10.8 Å². The Bertz CT molecular complexity index is 720. The van der Waals surface area contributed by atoms with Crippen LogP contribution in [0.15, 0.2) is 17.0 Å². The molecule has 0 aliphatic carbocycles. The molecule has 0 spiro atoms. The maximum atomic E-state index is 13.2. The van der Waals surface area contributed by atoms with Gasteiger partial charge in [-0.3, -0.25) is 4.79 Å². The van der Waals surface area contributed by atoms with Gasteiger partial charge in [0.25, 0.3) is 0 Å². The second-order valence-corrected chi connectivity index (χ2v) is 9.12. The van der Waals surface area contributed by atoms with Gasteiger partial charge in [-0.05, 0) is 58.1 Å². The predicted octanol–water partition coefficient (Wildman–Crippen LogP) is 2.93. The van der Waals surface area contributed by atoms with Gasteiger partial charge in [-0.25, -0.2) is 8.42 Å². The molecule has 1 aliphatic heterocycles. The van der Waals surface area contributed by atoms with Crippen molar-refractivity contribution in [3.63, 3.8) is 0 Å². The summed E-state index contributed by atoms with van der Waals surface area (Å²) in [5, 5.41) is 2.98. The number of amides is 1. The molecular weight excluding hydrogens is 336 g/mol. The van der Waals surface area contributed by atoms with Crippen molar-refractivity contribution in [2.75, 3.05) is 13.1 Å². The number of carbonyl (C=O) groups is 1. The van der Waals surface area contributed by atoms with Crippen molar-refractivity contribution in [3.8, 4) is 0 Å². The van der Waals surface area contributed by atoms with Crippen LogP contribution in [0, 0.1) is 26.7 Å². The molecule has 1 aliphatic rings. The third-order valence-corrected chi connectivity index (χ3v) is 7.13. The summed E-state index contributed by atoms with van der Waals surface area (Å²) in [5.41, 5.74) is 2.59. The van der Waals surface area contributed by atoms with Crippen LogP contribution in [-0.2, 0) is 14.8 Å². The average Bonchev–Trinajstić information content (AvgIpc) is 2.53. The van der Waals surface area contributed by atoms with E-state index < -0.39 is 10.0 Å². The maximum Gasteiger partial charge on any atom is 0.243 e. The highest BCUT2D eigenvalue weighted by Crippen LogP contribution is 2.29. The Labute approximate surface area is 151 Å². The van der Waals surface area contributed by atoms with Crippen molar-refractivity contribution < 1.29 is 13.2 Å². The predicted molar refractivity (Wildman–Crippen MR) is 100 cm³/mol. The van der Waals surface area contributed by atoms with Crippen LogP contribution in [0.4, 0.5) is 0 Å². The van der Waals surface area contributed by atoms with Crippen molar-refractivity contribution in [1.82, 2.24) is 9.62 Å². The van der Waals surface area contributed by atoms with Gasteiger partial charge in [-0.2, -0.15) is 4.31 Å². The highest BCUT2D eigenvalue weighted by Gasteiger charge is 2.35. The van der Waals surface area contributed by atoms with E-state index in [1.807, 2.05) is 46.8 Å². The molecule has 140 valence electrons. The van der Waals surface area contributed by atoms with Gasteiger partial charge in [-0.15, -0.1) is 0 Å². The Morgan fingerprint density at radius 3 is 2.44 bits per heavy atom. The zero-order chi connectivity index (χ0) is 18.8. The Hall–Kier alpha value is -1.40. The zero-order valence-electron chi connectivity index (χ0n) is 15.9. The molecule has 6 heteroatoms. The summed E-state index contributed by atoms with van der Waals surface area (Å²) >= 11 is 0. The molecule has 25 heavy (non-hydrogen) atoms. The van der Waals surface area contributed by atoms with Gasteiger partial charge in [0.2, 0.25) is 15.9 Å². The Kier molecular flexibility index (Phi) is 6.27. The number of nitrogens with zero attached hydrogens (tertiary/aromatic N) is 1. The SMILES string of the molecule is CC[C@@H](C)NC(=O)[C@@H]1CCCN(S(=O)(=O)c2c(C)cc(C)cc2C)C1. The molecule has 0 unspecified atom stereocenters. The quantitative estimate of drug-likeness (QED) is 0.871. The lowest BCUT2D eigenvalue weighted by atomic mass is 9.98. The number of piperidine rings is 1. The van der Waals surface area contributed by atoms with Crippen molar-refractivity contribution in [3.05, 3.63) is 28.8 Å². The normalized spacial score (nSPS) is 20.3. The summed E-state index contributed by atoms with van der Waals surface area (Å²) < 4.78 is 27.8. The molecule has 0 saturated carbocycles. The minimum atomic E-state index is -3.59. The lowest BCUT2D eigenvalue weighted by Crippen LogP contribution is -2.47. The number of hydrogen-bond donors (Lipinski definition) is 1. The van der Waals surface area contributed by atoms with Gasteiger partial charge in [0.15, 0.2) is 0 Å². The van der Waals surface area contributed by atoms with Crippen LogP contribution in [0.1, 0.15) is 49.8 Å². The van der Waals surface area contributed by atoms with Gasteiger partial charge in [0.1, 0.15) is 0 Å². The van der Waals surface area contributed by atoms with E-state index in [9.17, 15) is 13.2 Å². The molecule has 1 heterocycles. The van der Waals surface area contributed by atoms with Gasteiger partial charge < -0.3 is 5.32 Å². The molecule has 0 bridgehead atoms. The molecule has 1 amide bonds. The summed E-state index contributed by atoms with van der Waals surface area (Å²) in [7, 11) is -3.59. The first-order valence-electron chi connectivity index (χ1n) is 9.05. The van der Waals surface area contributed by atoms with E-state index in [4.69, 9.17) is 0 Å². The minimum absolute atomic E-state index is 0.0356. The summed E-state index contributed by atoms with van der Waals surface area (Å²) in [5.74, 6) is -0.310. The minimum Gasteiger partial charge on any atom is -0.353 e. The number of benzene rings is 1. The van der Waals surface area contributed by atoms with E-state index in [2.05, 4.69) is 5.32 Å². The fraction of sp³-hybridized carbons (Fsp3) is 0.632. The molecule has 2 rings (SSSR count). The van der Waals surface area contributed by atoms with E-state index in [-0.39, 0.29) is 24.4 Å². The fourth-order valence-corrected chi connectivity index (χ4v) is 5.48. The van der Waals surface area contributed by atoms with Gasteiger partial charge in [0, 0.05) is 19.1 Å². The number of aryl methyl sites for hydroxylation is 3. The first-order chi connectivity index (χ1) is 11.7. The van der Waals surface area contributed by atoms with Crippen LogP contribution in [-0.4, -0.2) is 37.8 Å². The number of hydrogen-bond acceptors (Lipinski definition) is 3. The van der Waals surface area contributed by atoms with E-state index in [0.717, 1.165) is 29.5 Å². The second kappa shape index (κ2) is 7.87. The van der Waals surface area contributed by atoms with Crippen LogP contribution in [0.2, 0.25) is 0 Å². The molecule has 1 saturated heterocycles. The lowest BCUT2D eigenvalue weighted by molar-refractivity contribution is -0.126. The first-order valence-corrected chi connectivity index (χ1v) is 10.5. The summed E-state index contributed by atoms with van der Waals surface area (Å²) in [4.78, 5) is 12.8. The van der Waals surface area contributed by atoms with Crippen LogP contribution < -0.4 is 5.32 Å². The fourth-order valence-electron chi connectivity index (χ4n) is 3.54. The van der Waals surface area contributed by atoms with E-state index in [1.54, 1.807) is 0 Å². The molecule has 1 fully saturated rings. The molecule has 0 radical (unpaired) electrons. The topological polar surface area (TPSA) is 66.5 Å². The van der Waals surface area contributed by atoms with Crippen LogP contribution in [0.25, 0.3) is 0 Å². The maximum absolute atomic E-state index is 13.2. The monoisotopic (exact) mass is 366 g/mol. The van der Waals surface area contributed by atoms with Crippen molar-refractivity contribution >= 4 is 15.9 Å². The number of carbonyl (C=O) groups excluding carboxylic acids is 1. The molecule has 5 nitrogen and oxygen atoms in total. The first kappa shape index (κ1) is 19.9. The number of nitrogens with one attached hydrogen (secondary N) is 1. The van der Waals surface area contributed by atoms with Gasteiger partial charge in [-0.1, -0.05) is 24.6 Å². The molecule has 1 aromatic rings. The lowest BCUT2D eigenvalue weighted by Gasteiger charge is -2.32. The summed E-state index contributed by atoms with van der Waals surface area (Å²) in [6.07, 6.45) is 2.31.